The first kappa shape index (κ1) is 9.75. The molecule has 1 saturated heterocycles. The van der Waals surface area contributed by atoms with Crippen molar-refractivity contribution in [3.05, 3.63) is 11.6 Å². The van der Waals surface area contributed by atoms with Crippen LogP contribution in [0.1, 0.15) is 33.6 Å². The van der Waals surface area contributed by atoms with E-state index < -0.39 is 0 Å². The Morgan fingerprint density at radius 2 is 2.17 bits per heavy atom. The molecular weight excluding hydrogens is 152 g/mol. The summed E-state index contributed by atoms with van der Waals surface area (Å²) in [7, 11) is 0. The van der Waals surface area contributed by atoms with Gasteiger partial charge in [0, 0.05) is 0 Å². The molecule has 0 bridgehead atoms. The lowest BCUT2D eigenvalue weighted by atomic mass is 10.0. The lowest BCUT2D eigenvalue weighted by Gasteiger charge is -1.98. The van der Waals surface area contributed by atoms with Crippen molar-refractivity contribution in [2.75, 3.05) is 6.61 Å². The van der Waals surface area contributed by atoms with Crippen LogP contribution in [0, 0.1) is 0 Å². The quantitative estimate of drug-likeness (QED) is 0.516. The smallest absolute Gasteiger partial charge is 0.0892 e. The van der Waals surface area contributed by atoms with Crippen molar-refractivity contribution in [2.24, 2.45) is 0 Å². The minimum atomic E-state index is 0.111. The molecule has 0 aromatic carbocycles. The van der Waals surface area contributed by atoms with Crippen molar-refractivity contribution in [3.8, 4) is 0 Å². The molecule has 0 spiro atoms. The lowest BCUT2D eigenvalue weighted by molar-refractivity contribution is 0.319. The number of aliphatic hydroxyl groups is 1. The number of epoxide rings is 1. The van der Waals surface area contributed by atoms with Crippen molar-refractivity contribution in [1.82, 2.24) is 0 Å². The van der Waals surface area contributed by atoms with Crippen LogP contribution >= 0.6 is 0 Å². The van der Waals surface area contributed by atoms with Gasteiger partial charge in [0.05, 0.1) is 18.3 Å². The number of ether oxygens (including phenoxy) is 1. The number of hydrogen-bond acceptors (Lipinski definition) is 2. The van der Waals surface area contributed by atoms with E-state index in [4.69, 9.17) is 9.84 Å². The Morgan fingerprint density at radius 1 is 1.58 bits per heavy atom. The molecule has 70 valence electrons. The highest BCUT2D eigenvalue weighted by molar-refractivity contribution is 5.02. The van der Waals surface area contributed by atoms with Gasteiger partial charge in [0.15, 0.2) is 0 Å². The van der Waals surface area contributed by atoms with E-state index in [1.807, 2.05) is 13.0 Å². The molecule has 1 aliphatic heterocycles. The van der Waals surface area contributed by atoms with Crippen LogP contribution in [-0.2, 0) is 4.74 Å². The fourth-order valence-electron chi connectivity index (χ4n) is 1.36. The minimum Gasteiger partial charge on any atom is -0.392 e. The molecule has 0 amide bonds. The normalized spacial score (nSPS) is 27.3. The van der Waals surface area contributed by atoms with Gasteiger partial charge in [-0.25, -0.2) is 0 Å². The Morgan fingerprint density at radius 3 is 2.58 bits per heavy atom. The molecule has 1 atom stereocenters. The largest absolute Gasteiger partial charge is 0.392 e. The minimum absolute atomic E-state index is 0.111. The van der Waals surface area contributed by atoms with Gasteiger partial charge in [0.25, 0.3) is 0 Å². The maximum Gasteiger partial charge on any atom is 0.0892 e. The Labute approximate surface area is 74.2 Å². The second kappa shape index (κ2) is 3.58. The SMILES string of the molecule is C/C(=C/CO)CCC1OC1(C)C. The summed E-state index contributed by atoms with van der Waals surface area (Å²) in [5, 5.41) is 8.61. The molecule has 0 aromatic rings. The van der Waals surface area contributed by atoms with Gasteiger partial charge >= 0.3 is 0 Å². The molecule has 0 aromatic heterocycles. The molecule has 1 heterocycles. The standard InChI is InChI=1S/C10H18O2/c1-8(6-7-11)4-5-9-10(2,3)12-9/h6,9,11H,4-5,7H2,1-3H3/b8-6-. The van der Waals surface area contributed by atoms with Crippen LogP contribution in [0.5, 0.6) is 0 Å². The van der Waals surface area contributed by atoms with Crippen LogP contribution in [-0.4, -0.2) is 23.4 Å². The third-order valence-electron chi connectivity index (χ3n) is 2.40. The van der Waals surface area contributed by atoms with Gasteiger partial charge in [-0.05, 0) is 33.6 Å². The molecule has 1 rings (SSSR count). The van der Waals surface area contributed by atoms with E-state index in [9.17, 15) is 0 Å². The van der Waals surface area contributed by atoms with E-state index >= 15 is 0 Å². The summed E-state index contributed by atoms with van der Waals surface area (Å²) in [6.07, 6.45) is 4.40. The van der Waals surface area contributed by atoms with Crippen LogP contribution in [0.15, 0.2) is 11.6 Å². The summed E-state index contributed by atoms with van der Waals surface area (Å²) in [5.41, 5.74) is 1.36. The topological polar surface area (TPSA) is 32.8 Å². The molecule has 1 unspecified atom stereocenters. The molecule has 0 saturated carbocycles. The summed E-state index contributed by atoms with van der Waals surface area (Å²) in [5.74, 6) is 0. The van der Waals surface area contributed by atoms with Gasteiger partial charge < -0.3 is 9.84 Å². The summed E-state index contributed by atoms with van der Waals surface area (Å²) >= 11 is 0. The molecule has 1 aliphatic rings. The zero-order valence-corrected chi connectivity index (χ0v) is 8.13. The zero-order chi connectivity index (χ0) is 9.19. The van der Waals surface area contributed by atoms with E-state index in [2.05, 4.69) is 13.8 Å². The van der Waals surface area contributed by atoms with Crippen LogP contribution in [0.4, 0.5) is 0 Å². The molecule has 2 heteroatoms. The van der Waals surface area contributed by atoms with Gasteiger partial charge in [-0.15, -0.1) is 0 Å². The van der Waals surface area contributed by atoms with E-state index in [0.717, 1.165) is 12.8 Å². The predicted octanol–water partition coefficient (Wildman–Crippen LogP) is 1.88. The third-order valence-corrected chi connectivity index (χ3v) is 2.40. The van der Waals surface area contributed by atoms with Crippen LogP contribution in [0.2, 0.25) is 0 Å². The maximum atomic E-state index is 8.61. The summed E-state index contributed by atoms with van der Waals surface area (Å²) in [4.78, 5) is 0. The van der Waals surface area contributed by atoms with E-state index in [0.29, 0.717) is 6.10 Å². The third kappa shape index (κ3) is 2.61. The van der Waals surface area contributed by atoms with Crippen LogP contribution in [0.3, 0.4) is 0 Å². The summed E-state index contributed by atoms with van der Waals surface area (Å²) in [6, 6.07) is 0. The average Bonchev–Trinajstić information content (AvgIpc) is 2.56. The Bertz CT molecular complexity index is 182. The van der Waals surface area contributed by atoms with Crippen molar-refractivity contribution < 1.29 is 9.84 Å². The Hall–Kier alpha value is -0.340. The molecular formula is C10H18O2. The molecule has 0 radical (unpaired) electrons. The molecule has 0 aliphatic carbocycles. The zero-order valence-electron chi connectivity index (χ0n) is 8.13. The fourth-order valence-corrected chi connectivity index (χ4v) is 1.36. The highest BCUT2D eigenvalue weighted by Gasteiger charge is 2.46. The Kier molecular flexibility index (Phi) is 2.91. The van der Waals surface area contributed by atoms with Gasteiger partial charge in [-0.3, -0.25) is 0 Å². The molecule has 12 heavy (non-hydrogen) atoms. The van der Waals surface area contributed by atoms with Gasteiger partial charge in [-0.2, -0.15) is 0 Å². The number of aliphatic hydroxyl groups excluding tert-OH is 1. The molecule has 2 nitrogen and oxygen atoms in total. The monoisotopic (exact) mass is 170 g/mol. The Balaban J connectivity index is 2.15. The summed E-state index contributed by atoms with van der Waals surface area (Å²) in [6.45, 7) is 6.43. The highest BCUT2D eigenvalue weighted by Crippen LogP contribution is 2.38. The van der Waals surface area contributed by atoms with E-state index in [1.165, 1.54) is 5.57 Å². The predicted molar refractivity (Wildman–Crippen MR) is 49.0 cm³/mol. The van der Waals surface area contributed by atoms with Gasteiger partial charge in [0.1, 0.15) is 0 Å². The fraction of sp³-hybridized carbons (Fsp3) is 0.800. The maximum absolute atomic E-state index is 8.61. The first-order valence-electron chi connectivity index (χ1n) is 4.50. The molecule has 1 N–H and O–H groups in total. The summed E-state index contributed by atoms with van der Waals surface area (Å²) < 4.78 is 5.44. The number of hydrogen-bond donors (Lipinski definition) is 1. The van der Waals surface area contributed by atoms with Gasteiger partial charge in [-0.1, -0.05) is 11.6 Å². The van der Waals surface area contributed by atoms with Gasteiger partial charge in [0.2, 0.25) is 0 Å². The second-order valence-corrected chi connectivity index (χ2v) is 3.98. The van der Waals surface area contributed by atoms with E-state index in [1.54, 1.807) is 0 Å². The average molecular weight is 170 g/mol. The van der Waals surface area contributed by atoms with Crippen molar-refractivity contribution in [3.63, 3.8) is 0 Å². The van der Waals surface area contributed by atoms with Crippen molar-refractivity contribution in [2.45, 2.75) is 45.3 Å². The van der Waals surface area contributed by atoms with Crippen molar-refractivity contribution in [1.29, 1.82) is 0 Å². The molecule has 1 fully saturated rings. The number of rotatable bonds is 4. The lowest BCUT2D eigenvalue weighted by Crippen LogP contribution is -2.02. The van der Waals surface area contributed by atoms with Crippen molar-refractivity contribution >= 4 is 0 Å². The first-order valence-corrected chi connectivity index (χ1v) is 4.50. The van der Waals surface area contributed by atoms with Crippen LogP contribution < -0.4 is 0 Å². The second-order valence-electron chi connectivity index (χ2n) is 3.98. The number of allylic oxidation sites excluding steroid dienone is 1. The first-order chi connectivity index (χ1) is 5.56. The van der Waals surface area contributed by atoms with E-state index in [-0.39, 0.29) is 12.2 Å². The van der Waals surface area contributed by atoms with Crippen LogP contribution in [0.25, 0.3) is 0 Å². The highest BCUT2D eigenvalue weighted by atomic mass is 16.6.